The Morgan fingerprint density at radius 1 is 1.20 bits per heavy atom. The minimum atomic E-state index is -0.161. The number of carbonyl (C=O) groups excluding carboxylic acids is 1. The van der Waals surface area contributed by atoms with Gasteiger partial charge in [0, 0.05) is 13.0 Å². The first kappa shape index (κ1) is 15.0. The van der Waals surface area contributed by atoms with E-state index in [4.69, 9.17) is 9.47 Å². The second kappa shape index (κ2) is 8.05. The smallest absolute Gasteiger partial charge is 0.308 e. The van der Waals surface area contributed by atoms with Gasteiger partial charge in [-0.2, -0.15) is 0 Å². The summed E-state index contributed by atoms with van der Waals surface area (Å²) in [5.74, 6) is 0.295. The van der Waals surface area contributed by atoms with Crippen molar-refractivity contribution in [3.8, 4) is 0 Å². The van der Waals surface area contributed by atoms with E-state index in [9.17, 15) is 4.79 Å². The normalized spacial score (nSPS) is 17.6. The highest BCUT2D eigenvalue weighted by Gasteiger charge is 2.28. The summed E-state index contributed by atoms with van der Waals surface area (Å²) in [6.07, 6.45) is 6.31. The van der Waals surface area contributed by atoms with Crippen LogP contribution in [-0.4, -0.2) is 19.7 Å². The third kappa shape index (κ3) is 4.34. The molecule has 1 atom stereocenters. The number of esters is 1. The molecule has 1 fully saturated rings. The van der Waals surface area contributed by atoms with Crippen LogP contribution in [0.4, 0.5) is 0 Å². The molecule has 0 N–H and O–H groups in total. The number of hydrogen-bond acceptors (Lipinski definition) is 3. The van der Waals surface area contributed by atoms with Gasteiger partial charge in [0.2, 0.25) is 0 Å². The van der Waals surface area contributed by atoms with E-state index in [-0.39, 0.29) is 12.1 Å². The lowest BCUT2D eigenvalue weighted by molar-refractivity contribution is -0.154. The van der Waals surface area contributed by atoms with E-state index in [1.807, 2.05) is 18.2 Å². The molecule has 3 nitrogen and oxygen atoms in total. The van der Waals surface area contributed by atoms with E-state index >= 15 is 0 Å². The van der Waals surface area contributed by atoms with Gasteiger partial charge in [0.15, 0.2) is 0 Å². The van der Waals surface area contributed by atoms with Gasteiger partial charge < -0.3 is 9.47 Å². The minimum Gasteiger partial charge on any atom is -0.457 e. The summed E-state index contributed by atoms with van der Waals surface area (Å²) in [6, 6.07) is 10.1. The molecule has 0 aliphatic heterocycles. The van der Waals surface area contributed by atoms with E-state index in [1.54, 1.807) is 7.11 Å². The third-order valence-corrected chi connectivity index (χ3v) is 3.97. The number of hydrogen-bond donors (Lipinski definition) is 0. The van der Waals surface area contributed by atoms with Gasteiger partial charge in [0.25, 0.3) is 0 Å². The van der Waals surface area contributed by atoms with Crippen LogP contribution in [0.15, 0.2) is 30.3 Å². The Morgan fingerprint density at radius 3 is 2.55 bits per heavy atom. The molecule has 1 aliphatic rings. The summed E-state index contributed by atoms with van der Waals surface area (Å²) in [4.78, 5) is 11.9. The molecule has 1 aromatic carbocycles. The van der Waals surface area contributed by atoms with Crippen LogP contribution in [-0.2, 0) is 14.3 Å². The summed E-state index contributed by atoms with van der Waals surface area (Å²) < 4.78 is 10.7. The second-order valence-electron chi connectivity index (χ2n) is 5.46. The molecule has 110 valence electrons. The van der Waals surface area contributed by atoms with Crippen LogP contribution < -0.4 is 0 Å². The molecule has 0 saturated heterocycles. The predicted octanol–water partition coefficient (Wildman–Crippen LogP) is 3.89. The Labute approximate surface area is 121 Å². The quantitative estimate of drug-likeness (QED) is 0.739. The van der Waals surface area contributed by atoms with Crippen molar-refractivity contribution in [2.45, 2.75) is 44.6 Å². The zero-order chi connectivity index (χ0) is 14.2. The first-order chi connectivity index (χ1) is 9.81. The van der Waals surface area contributed by atoms with Crippen LogP contribution in [0, 0.1) is 5.92 Å². The molecule has 0 heterocycles. The van der Waals surface area contributed by atoms with Crippen molar-refractivity contribution in [1.29, 1.82) is 0 Å². The molecule has 0 amide bonds. The minimum absolute atomic E-state index is 0.0964. The maximum atomic E-state index is 11.9. The molecule has 1 aliphatic carbocycles. The molecule has 0 spiro atoms. The Balaban J connectivity index is 2.05. The number of benzene rings is 1. The van der Waals surface area contributed by atoms with Crippen molar-refractivity contribution in [3.63, 3.8) is 0 Å². The molecule has 2 rings (SSSR count). The Hall–Kier alpha value is -1.35. The first-order valence-electron chi connectivity index (χ1n) is 7.54. The Bertz CT molecular complexity index is 396. The second-order valence-corrected chi connectivity index (χ2v) is 5.46. The summed E-state index contributed by atoms with van der Waals surface area (Å²) in [6.45, 7) is 0.422. The van der Waals surface area contributed by atoms with Crippen molar-refractivity contribution in [3.05, 3.63) is 35.9 Å². The van der Waals surface area contributed by atoms with Crippen molar-refractivity contribution < 1.29 is 14.3 Å². The predicted molar refractivity (Wildman–Crippen MR) is 78.3 cm³/mol. The van der Waals surface area contributed by atoms with Crippen LogP contribution in [0.1, 0.15) is 50.2 Å². The zero-order valence-corrected chi connectivity index (χ0v) is 12.2. The van der Waals surface area contributed by atoms with Gasteiger partial charge >= 0.3 is 5.97 Å². The zero-order valence-electron chi connectivity index (χ0n) is 12.2. The molecule has 20 heavy (non-hydrogen) atoms. The van der Waals surface area contributed by atoms with Crippen LogP contribution in [0.25, 0.3) is 0 Å². The monoisotopic (exact) mass is 276 g/mol. The fourth-order valence-electron chi connectivity index (χ4n) is 2.90. The largest absolute Gasteiger partial charge is 0.457 e. The number of methoxy groups -OCH3 is 1. The van der Waals surface area contributed by atoms with Crippen LogP contribution in [0.2, 0.25) is 0 Å². The highest BCUT2D eigenvalue weighted by atomic mass is 16.5. The fraction of sp³-hybridized carbons (Fsp3) is 0.588. The summed E-state index contributed by atoms with van der Waals surface area (Å²) in [5, 5.41) is 0. The average Bonchev–Trinajstić information content (AvgIpc) is 2.52. The van der Waals surface area contributed by atoms with Crippen molar-refractivity contribution in [2.75, 3.05) is 13.7 Å². The molecular formula is C17H24O3. The molecule has 0 bridgehead atoms. The lowest BCUT2D eigenvalue weighted by Crippen LogP contribution is -2.22. The van der Waals surface area contributed by atoms with Gasteiger partial charge in [0.05, 0.1) is 13.0 Å². The summed E-state index contributed by atoms with van der Waals surface area (Å²) >= 11 is 0. The van der Waals surface area contributed by atoms with E-state index in [2.05, 4.69) is 12.1 Å². The fourth-order valence-corrected chi connectivity index (χ4v) is 2.90. The Kier molecular flexibility index (Phi) is 6.06. The maximum Gasteiger partial charge on any atom is 0.308 e. The van der Waals surface area contributed by atoms with E-state index in [1.165, 1.54) is 19.3 Å². The Morgan fingerprint density at radius 2 is 1.90 bits per heavy atom. The van der Waals surface area contributed by atoms with Gasteiger partial charge in [-0.3, -0.25) is 4.79 Å². The van der Waals surface area contributed by atoms with Gasteiger partial charge in [-0.1, -0.05) is 49.6 Å². The van der Waals surface area contributed by atoms with Crippen LogP contribution in [0.5, 0.6) is 0 Å². The lowest BCUT2D eigenvalue weighted by atomic mass is 9.82. The van der Waals surface area contributed by atoms with Gasteiger partial charge in [-0.05, 0) is 18.4 Å². The van der Waals surface area contributed by atoms with Crippen LogP contribution in [0.3, 0.4) is 0 Å². The van der Waals surface area contributed by atoms with E-state index in [0.717, 1.165) is 18.4 Å². The highest BCUT2D eigenvalue weighted by molar-refractivity contribution is 5.69. The molecule has 0 aromatic heterocycles. The molecule has 1 aromatic rings. The molecule has 1 saturated carbocycles. The standard InChI is InChI=1S/C17H24O3/c1-19-13-12-16(18)20-17(14-8-4-2-5-9-14)15-10-6-3-7-11-15/h2,4-5,8-9,15,17H,3,6-7,10-13H2,1H3. The topological polar surface area (TPSA) is 35.5 Å². The van der Waals surface area contributed by atoms with E-state index < -0.39 is 0 Å². The van der Waals surface area contributed by atoms with Crippen molar-refractivity contribution in [1.82, 2.24) is 0 Å². The van der Waals surface area contributed by atoms with Gasteiger partial charge in [0.1, 0.15) is 6.10 Å². The van der Waals surface area contributed by atoms with Gasteiger partial charge in [-0.25, -0.2) is 0 Å². The third-order valence-electron chi connectivity index (χ3n) is 3.97. The highest BCUT2D eigenvalue weighted by Crippen LogP contribution is 2.37. The number of rotatable bonds is 6. The molecule has 3 heteroatoms. The van der Waals surface area contributed by atoms with Gasteiger partial charge in [-0.15, -0.1) is 0 Å². The first-order valence-corrected chi connectivity index (χ1v) is 7.54. The number of carbonyl (C=O) groups is 1. The summed E-state index contributed by atoms with van der Waals surface area (Å²) in [5.41, 5.74) is 1.12. The maximum absolute atomic E-state index is 11.9. The molecule has 0 radical (unpaired) electrons. The van der Waals surface area contributed by atoms with Crippen LogP contribution >= 0.6 is 0 Å². The average molecular weight is 276 g/mol. The van der Waals surface area contributed by atoms with E-state index in [0.29, 0.717) is 18.9 Å². The SMILES string of the molecule is COCCC(=O)OC(c1ccccc1)C1CCCCC1. The molecule has 1 unspecified atom stereocenters. The summed E-state index contributed by atoms with van der Waals surface area (Å²) in [7, 11) is 1.60. The molecular weight excluding hydrogens is 252 g/mol. The van der Waals surface area contributed by atoms with Crippen molar-refractivity contribution >= 4 is 5.97 Å². The lowest BCUT2D eigenvalue weighted by Gasteiger charge is -2.30. The number of ether oxygens (including phenoxy) is 2. The van der Waals surface area contributed by atoms with Crippen molar-refractivity contribution in [2.24, 2.45) is 5.92 Å².